The number of aromatic hydroxyl groups is 1. The summed E-state index contributed by atoms with van der Waals surface area (Å²) < 4.78 is 5.57. The number of aromatic nitrogens is 2. The lowest BCUT2D eigenvalue weighted by molar-refractivity contribution is 0.378. The molecule has 1 aliphatic rings. The summed E-state index contributed by atoms with van der Waals surface area (Å²) in [6.45, 7) is 2.02. The van der Waals surface area contributed by atoms with Crippen LogP contribution in [0.15, 0.2) is 60.0 Å². The van der Waals surface area contributed by atoms with E-state index in [0.717, 1.165) is 27.9 Å². The minimum absolute atomic E-state index is 0.0234. The fourth-order valence-corrected chi connectivity index (χ4v) is 3.22. The van der Waals surface area contributed by atoms with Crippen molar-refractivity contribution in [1.82, 2.24) is 10.2 Å². The van der Waals surface area contributed by atoms with Crippen molar-refractivity contribution in [2.45, 2.75) is 12.8 Å². The van der Waals surface area contributed by atoms with Gasteiger partial charge in [-0.2, -0.15) is 5.26 Å². The van der Waals surface area contributed by atoms with Crippen molar-refractivity contribution in [2.24, 2.45) is 5.73 Å². The maximum Gasteiger partial charge on any atom is 0.244 e. The van der Waals surface area contributed by atoms with Gasteiger partial charge in [0.25, 0.3) is 0 Å². The third-order valence-corrected chi connectivity index (χ3v) is 4.48. The number of fused-ring (bicyclic) bond motifs is 1. The number of aryl methyl sites for hydroxylation is 1. The Hall–Kier alpha value is -3.72. The van der Waals surface area contributed by atoms with Gasteiger partial charge in [0.15, 0.2) is 0 Å². The summed E-state index contributed by atoms with van der Waals surface area (Å²) >= 11 is 0. The van der Waals surface area contributed by atoms with Crippen LogP contribution in [0.4, 0.5) is 0 Å². The van der Waals surface area contributed by atoms with Crippen molar-refractivity contribution >= 4 is 0 Å². The summed E-state index contributed by atoms with van der Waals surface area (Å²) in [4.78, 5) is 0. The van der Waals surface area contributed by atoms with Crippen molar-refractivity contribution in [1.29, 1.82) is 5.26 Å². The Kier molecular flexibility index (Phi) is 3.63. The Bertz CT molecular complexity index is 1060. The molecule has 6 nitrogen and oxygen atoms in total. The Morgan fingerprint density at radius 1 is 1.23 bits per heavy atom. The number of H-pyrrole nitrogens is 1. The second-order valence-corrected chi connectivity index (χ2v) is 6.20. The fraction of sp³-hybridized carbons (Fsp3) is 0.100. The summed E-state index contributed by atoms with van der Waals surface area (Å²) in [6, 6.07) is 16.9. The van der Waals surface area contributed by atoms with E-state index in [1.54, 1.807) is 18.2 Å². The Labute approximate surface area is 150 Å². The van der Waals surface area contributed by atoms with Crippen molar-refractivity contribution in [2.75, 3.05) is 0 Å². The molecule has 0 unspecified atom stereocenters. The van der Waals surface area contributed by atoms with Crippen molar-refractivity contribution < 1.29 is 9.84 Å². The first kappa shape index (κ1) is 15.8. The standard InChI is InChI=1S/C20H16N4O2/c1-11-5-7-12(8-6-11)18-17-16(13-3-2-4-14(25)9-13)15(10-21)19(22)26-20(17)24-23-18/h2-9,16,25H,22H2,1H3,(H,23,24)/t16-/m0/s1. The maximum atomic E-state index is 9.90. The number of aromatic amines is 1. The van der Waals surface area contributed by atoms with Gasteiger partial charge in [0.1, 0.15) is 17.4 Å². The smallest absolute Gasteiger partial charge is 0.244 e. The molecule has 6 heteroatoms. The molecule has 0 fully saturated rings. The number of hydrogen-bond donors (Lipinski definition) is 3. The molecule has 4 N–H and O–H groups in total. The molecule has 1 atom stereocenters. The lowest BCUT2D eigenvalue weighted by Gasteiger charge is -2.24. The van der Waals surface area contributed by atoms with Crippen LogP contribution in [0.5, 0.6) is 11.6 Å². The molecule has 2 aromatic carbocycles. The fourth-order valence-electron chi connectivity index (χ4n) is 3.22. The van der Waals surface area contributed by atoms with Gasteiger partial charge in [0.2, 0.25) is 11.8 Å². The molecular formula is C20H16N4O2. The first-order valence-corrected chi connectivity index (χ1v) is 8.10. The van der Waals surface area contributed by atoms with Crippen LogP contribution in [0.25, 0.3) is 11.3 Å². The van der Waals surface area contributed by atoms with Crippen molar-refractivity contribution in [3.8, 4) is 29.0 Å². The van der Waals surface area contributed by atoms with Crippen LogP contribution in [-0.2, 0) is 0 Å². The van der Waals surface area contributed by atoms with E-state index in [4.69, 9.17) is 10.5 Å². The van der Waals surface area contributed by atoms with Gasteiger partial charge in [-0.05, 0) is 24.6 Å². The van der Waals surface area contributed by atoms with Crippen LogP contribution in [0.3, 0.4) is 0 Å². The average molecular weight is 344 g/mol. The lowest BCUT2D eigenvalue weighted by atomic mass is 9.83. The molecule has 0 radical (unpaired) electrons. The highest BCUT2D eigenvalue weighted by Gasteiger charge is 2.35. The van der Waals surface area contributed by atoms with Crippen molar-refractivity contribution in [3.63, 3.8) is 0 Å². The zero-order chi connectivity index (χ0) is 18.3. The number of nitrogens with two attached hydrogens (primary N) is 1. The van der Waals surface area contributed by atoms with E-state index in [-0.39, 0.29) is 17.2 Å². The summed E-state index contributed by atoms with van der Waals surface area (Å²) in [7, 11) is 0. The van der Waals surface area contributed by atoms with Gasteiger partial charge in [-0.25, -0.2) is 0 Å². The molecule has 0 aliphatic carbocycles. The minimum atomic E-state index is -0.481. The molecule has 1 aliphatic heterocycles. The van der Waals surface area contributed by atoms with Crippen LogP contribution >= 0.6 is 0 Å². The maximum absolute atomic E-state index is 9.90. The monoisotopic (exact) mass is 344 g/mol. The lowest BCUT2D eigenvalue weighted by Crippen LogP contribution is -2.20. The molecule has 0 bridgehead atoms. The molecule has 0 spiro atoms. The van der Waals surface area contributed by atoms with Crippen LogP contribution in [0.1, 0.15) is 22.6 Å². The van der Waals surface area contributed by atoms with Gasteiger partial charge in [-0.15, -0.1) is 5.10 Å². The van der Waals surface area contributed by atoms with E-state index in [0.29, 0.717) is 5.88 Å². The Balaban J connectivity index is 1.95. The zero-order valence-corrected chi connectivity index (χ0v) is 14.0. The first-order chi connectivity index (χ1) is 12.6. The number of nitrogens with zero attached hydrogens (tertiary/aromatic N) is 2. The van der Waals surface area contributed by atoms with Gasteiger partial charge in [-0.3, -0.25) is 5.10 Å². The number of phenols is 1. The van der Waals surface area contributed by atoms with Gasteiger partial charge in [0, 0.05) is 5.56 Å². The largest absolute Gasteiger partial charge is 0.508 e. The highest BCUT2D eigenvalue weighted by molar-refractivity contribution is 5.71. The number of phenolic OH excluding ortho intramolecular Hbond substituents is 1. The second kappa shape index (κ2) is 5.97. The average Bonchev–Trinajstić information content (AvgIpc) is 3.04. The number of ether oxygens (including phenoxy) is 1. The Morgan fingerprint density at radius 3 is 2.69 bits per heavy atom. The topological polar surface area (TPSA) is 108 Å². The van der Waals surface area contributed by atoms with Crippen LogP contribution in [-0.4, -0.2) is 15.3 Å². The van der Waals surface area contributed by atoms with E-state index in [2.05, 4.69) is 16.3 Å². The SMILES string of the molecule is Cc1ccc(-c2[nH]nc3c2[C@@H](c2cccc(O)c2)C(C#N)=C(N)O3)cc1. The van der Waals surface area contributed by atoms with E-state index < -0.39 is 5.92 Å². The van der Waals surface area contributed by atoms with Crippen LogP contribution in [0, 0.1) is 18.3 Å². The van der Waals surface area contributed by atoms with Gasteiger partial charge >= 0.3 is 0 Å². The molecule has 26 heavy (non-hydrogen) atoms. The highest BCUT2D eigenvalue weighted by Crippen LogP contribution is 2.45. The number of nitriles is 1. The second-order valence-electron chi connectivity index (χ2n) is 6.20. The predicted octanol–water partition coefficient (Wildman–Crippen LogP) is 3.31. The molecule has 0 saturated carbocycles. The summed E-state index contributed by atoms with van der Waals surface area (Å²) in [6.07, 6.45) is 0. The van der Waals surface area contributed by atoms with Gasteiger partial charge in [0.05, 0.1) is 17.2 Å². The minimum Gasteiger partial charge on any atom is -0.508 e. The molecular weight excluding hydrogens is 328 g/mol. The third kappa shape index (κ3) is 2.47. The number of rotatable bonds is 2. The van der Waals surface area contributed by atoms with Crippen molar-refractivity contribution in [3.05, 3.63) is 76.7 Å². The van der Waals surface area contributed by atoms with Crippen LogP contribution < -0.4 is 10.5 Å². The third-order valence-electron chi connectivity index (χ3n) is 4.48. The van der Waals surface area contributed by atoms with E-state index in [9.17, 15) is 10.4 Å². The summed E-state index contributed by atoms with van der Waals surface area (Å²) in [5.74, 6) is -0.00148. The first-order valence-electron chi connectivity index (χ1n) is 8.10. The highest BCUT2D eigenvalue weighted by atomic mass is 16.5. The molecule has 0 amide bonds. The number of hydrogen-bond acceptors (Lipinski definition) is 5. The molecule has 4 rings (SSSR count). The van der Waals surface area contributed by atoms with Gasteiger partial charge in [-0.1, -0.05) is 42.0 Å². The summed E-state index contributed by atoms with van der Waals surface area (Å²) in [5, 5.41) is 26.8. The van der Waals surface area contributed by atoms with Gasteiger partial charge < -0.3 is 15.6 Å². The molecule has 1 aromatic heterocycles. The molecule has 2 heterocycles. The molecule has 3 aromatic rings. The normalized spacial score (nSPS) is 15.9. The quantitative estimate of drug-likeness (QED) is 0.661. The summed E-state index contributed by atoms with van der Waals surface area (Å²) in [5.41, 5.74) is 10.5. The van der Waals surface area contributed by atoms with E-state index >= 15 is 0 Å². The Morgan fingerprint density at radius 2 is 2.00 bits per heavy atom. The number of nitrogens with one attached hydrogen (secondary N) is 1. The van der Waals surface area contributed by atoms with E-state index in [1.165, 1.54) is 0 Å². The predicted molar refractivity (Wildman–Crippen MR) is 96.2 cm³/mol. The van der Waals surface area contributed by atoms with Crippen LogP contribution in [0.2, 0.25) is 0 Å². The molecule has 128 valence electrons. The number of allylic oxidation sites excluding steroid dienone is 1. The molecule has 0 saturated heterocycles. The van der Waals surface area contributed by atoms with E-state index in [1.807, 2.05) is 37.3 Å². The number of benzene rings is 2. The zero-order valence-electron chi connectivity index (χ0n) is 14.0.